The third-order valence-electron chi connectivity index (χ3n) is 11.5. The van der Waals surface area contributed by atoms with Gasteiger partial charge in [-0.3, -0.25) is 47.9 Å². The molecule has 0 spiro atoms. The van der Waals surface area contributed by atoms with Crippen LogP contribution in [0.1, 0.15) is 81.3 Å². The highest BCUT2D eigenvalue weighted by Gasteiger charge is 2.36. The van der Waals surface area contributed by atoms with Gasteiger partial charge in [0.1, 0.15) is 48.3 Å². The zero-order valence-corrected chi connectivity index (χ0v) is 41.9. The van der Waals surface area contributed by atoms with Crippen LogP contribution in [0.5, 0.6) is 0 Å². The van der Waals surface area contributed by atoms with E-state index >= 15 is 0 Å². The average molecular weight is 1020 g/mol. The van der Waals surface area contributed by atoms with Crippen molar-refractivity contribution in [2.24, 2.45) is 23.1 Å². The topological polar surface area (TPSA) is 410 Å². The lowest BCUT2D eigenvalue weighted by Gasteiger charge is -2.28. The van der Waals surface area contributed by atoms with Gasteiger partial charge in [0.05, 0.1) is 24.0 Å². The van der Waals surface area contributed by atoms with Gasteiger partial charge in [0.2, 0.25) is 53.2 Å². The number of hydrogen-bond donors (Lipinski definition) is 15. The van der Waals surface area contributed by atoms with Crippen molar-refractivity contribution in [1.82, 2.24) is 47.9 Å². The number of aryl methyl sites for hydroxylation is 1. The third-order valence-corrected chi connectivity index (χ3v) is 11.5. The highest BCUT2D eigenvalue weighted by atomic mass is 16.3. The molecule has 0 unspecified atom stereocenters. The molecule has 2 aromatic rings. The van der Waals surface area contributed by atoms with Crippen molar-refractivity contribution in [2.75, 3.05) is 38.1 Å². The lowest BCUT2D eigenvalue weighted by atomic mass is 10.00. The Labute approximate surface area is 423 Å². The SMILES string of the molecule is CC(=O)Nc1ccc(C)cc1C(=O)N[C@H](CO)C(=O)N[C@H]1CCNC(=O)[C@H]([C@@H](C)O)NC(=O)[C@H](CCN)NC(=O)[C@H](CCN)NC(=O)[C@H](CC(C)C)NC(=O)[C@@H](Cc2ccccc2)NC(=O)[C@H](CCN)NC1=O. The first-order valence-electron chi connectivity index (χ1n) is 24.1. The molecule has 18 N–H and O–H groups in total. The van der Waals surface area contributed by atoms with Crippen molar-refractivity contribution in [3.63, 3.8) is 0 Å². The fourth-order valence-corrected chi connectivity index (χ4v) is 7.65. The molecule has 3 rings (SSSR count). The molecule has 25 nitrogen and oxygen atoms in total. The van der Waals surface area contributed by atoms with Crippen LogP contribution < -0.4 is 70.4 Å². The van der Waals surface area contributed by atoms with Gasteiger partial charge >= 0.3 is 0 Å². The Bertz CT molecular complexity index is 2250. The molecule has 9 atom stereocenters. The number of aliphatic hydroxyl groups is 2. The summed E-state index contributed by atoms with van der Waals surface area (Å²) in [6, 6.07) is 1.26. The summed E-state index contributed by atoms with van der Waals surface area (Å²) in [5.41, 5.74) is 18.8. The van der Waals surface area contributed by atoms with E-state index in [2.05, 4.69) is 53.2 Å². The largest absolute Gasteiger partial charge is 0.394 e. The molecule has 1 aliphatic heterocycles. The van der Waals surface area contributed by atoms with Crippen LogP contribution in [0, 0.1) is 12.8 Å². The molecule has 10 amide bonds. The number of amides is 10. The molecule has 1 saturated heterocycles. The first-order chi connectivity index (χ1) is 34.6. The molecule has 1 fully saturated rings. The van der Waals surface area contributed by atoms with Crippen LogP contribution in [-0.2, 0) is 49.6 Å². The summed E-state index contributed by atoms with van der Waals surface area (Å²) in [7, 11) is 0. The van der Waals surface area contributed by atoms with E-state index in [1.165, 1.54) is 26.0 Å². The Kier molecular flexibility index (Phi) is 24.8. The second-order valence-electron chi connectivity index (χ2n) is 18.2. The average Bonchev–Trinajstić information content (AvgIpc) is 3.33. The Morgan fingerprint density at radius 1 is 0.685 bits per heavy atom. The standard InChI is InChI=1S/C48H73N13O12/c1-25(2)21-36-45(70)56-32(13-17-49)41(66)55-34(15-19-51)44(69)61-39(27(4)63)48(73)52-20-16-35(57-47(72)38(24-62)60-40(65)30-22-26(3)11-12-31(30)53-28(5)64)43(68)54-33(14-18-50)42(67)59-37(46(71)58-36)23-29-9-7-6-8-10-29/h6-12,22,25,27,32-39,62-63H,13-21,23-24,49-51H2,1-5H3,(H,52,73)(H,53,64)(H,54,68)(H,55,66)(H,56,70)(H,57,72)(H,58,71)(H,59,67)(H,60,65)(H,61,69)/t27-,32+,33+,34+,35+,36+,37-,38-,39+/m1/s1. The Morgan fingerprint density at radius 2 is 1.19 bits per heavy atom. The van der Waals surface area contributed by atoms with Crippen molar-refractivity contribution >= 4 is 64.8 Å². The van der Waals surface area contributed by atoms with Gasteiger partial charge in [-0.2, -0.15) is 0 Å². The molecular formula is C48H73N13O12. The van der Waals surface area contributed by atoms with Crippen molar-refractivity contribution in [2.45, 2.75) is 128 Å². The Morgan fingerprint density at radius 3 is 1.71 bits per heavy atom. The van der Waals surface area contributed by atoms with E-state index in [1.54, 1.807) is 57.2 Å². The van der Waals surface area contributed by atoms with Crippen molar-refractivity contribution in [3.05, 3.63) is 65.2 Å². The minimum Gasteiger partial charge on any atom is -0.394 e. The summed E-state index contributed by atoms with van der Waals surface area (Å²) >= 11 is 0. The van der Waals surface area contributed by atoms with E-state index in [-0.39, 0.29) is 68.9 Å². The number of nitrogens with two attached hydrogens (primary N) is 3. The van der Waals surface area contributed by atoms with Crippen LogP contribution in [0.3, 0.4) is 0 Å². The highest BCUT2D eigenvalue weighted by molar-refractivity contribution is 6.05. The van der Waals surface area contributed by atoms with E-state index in [1.807, 2.05) is 0 Å². The monoisotopic (exact) mass is 1020 g/mol. The molecule has 0 aromatic heterocycles. The number of aliphatic hydroxyl groups excluding tert-OH is 2. The fraction of sp³-hybridized carbons (Fsp3) is 0.542. The summed E-state index contributed by atoms with van der Waals surface area (Å²) in [6.07, 6.45) is -2.50. The smallest absolute Gasteiger partial charge is 0.254 e. The van der Waals surface area contributed by atoms with Gasteiger partial charge in [0.15, 0.2) is 0 Å². The minimum atomic E-state index is -1.71. The number of rotatable bonds is 17. The van der Waals surface area contributed by atoms with E-state index in [0.717, 1.165) is 0 Å². The van der Waals surface area contributed by atoms with Crippen LogP contribution in [-0.4, -0.2) is 157 Å². The lowest BCUT2D eigenvalue weighted by Crippen LogP contribution is -2.61. The molecule has 0 saturated carbocycles. The minimum absolute atomic E-state index is 0.0490. The van der Waals surface area contributed by atoms with E-state index in [4.69, 9.17) is 17.2 Å². The zero-order valence-electron chi connectivity index (χ0n) is 41.9. The second-order valence-corrected chi connectivity index (χ2v) is 18.2. The Balaban J connectivity index is 2.12. The number of anilines is 1. The maximum atomic E-state index is 14.3. The number of carbonyl (C=O) groups is 10. The highest BCUT2D eigenvalue weighted by Crippen LogP contribution is 2.18. The first-order valence-corrected chi connectivity index (χ1v) is 24.1. The van der Waals surface area contributed by atoms with Gasteiger partial charge in [-0.25, -0.2) is 0 Å². The number of benzene rings is 2. The second kappa shape index (κ2) is 30.1. The van der Waals surface area contributed by atoms with E-state index in [0.29, 0.717) is 11.1 Å². The maximum Gasteiger partial charge on any atom is 0.254 e. The number of hydrogen-bond acceptors (Lipinski definition) is 15. The van der Waals surface area contributed by atoms with Gasteiger partial charge in [-0.1, -0.05) is 55.8 Å². The quantitative estimate of drug-likeness (QED) is 0.0713. The van der Waals surface area contributed by atoms with Gasteiger partial charge in [0.25, 0.3) is 5.91 Å². The molecule has 0 bridgehead atoms. The van der Waals surface area contributed by atoms with Gasteiger partial charge < -0.3 is 80.6 Å². The molecule has 0 radical (unpaired) electrons. The summed E-state index contributed by atoms with van der Waals surface area (Å²) in [5.74, 6) is -8.94. The molecule has 402 valence electrons. The molecule has 2 aromatic carbocycles. The summed E-state index contributed by atoms with van der Waals surface area (Å²) in [6.45, 7) is 5.87. The van der Waals surface area contributed by atoms with Gasteiger partial charge in [0, 0.05) is 19.9 Å². The lowest BCUT2D eigenvalue weighted by molar-refractivity contribution is -0.136. The van der Waals surface area contributed by atoms with Crippen molar-refractivity contribution in [1.29, 1.82) is 0 Å². The predicted molar refractivity (Wildman–Crippen MR) is 267 cm³/mol. The Hall–Kier alpha value is -7.06. The first kappa shape index (κ1) is 60.2. The molecule has 1 heterocycles. The molecule has 73 heavy (non-hydrogen) atoms. The predicted octanol–water partition coefficient (Wildman–Crippen LogP) is -4.33. The fourth-order valence-electron chi connectivity index (χ4n) is 7.65. The van der Waals surface area contributed by atoms with Crippen LogP contribution in [0.4, 0.5) is 5.69 Å². The van der Waals surface area contributed by atoms with Crippen LogP contribution in [0.15, 0.2) is 48.5 Å². The third kappa shape index (κ3) is 19.5. The number of nitrogens with one attached hydrogen (secondary N) is 10. The molecule has 1 aliphatic rings. The normalized spacial score (nSPS) is 22.9. The summed E-state index contributed by atoms with van der Waals surface area (Å²) in [4.78, 5) is 137. The molecule has 0 aliphatic carbocycles. The van der Waals surface area contributed by atoms with Gasteiger partial charge in [-0.15, -0.1) is 0 Å². The molecule has 25 heteroatoms. The van der Waals surface area contributed by atoms with E-state index in [9.17, 15) is 58.2 Å². The molecular weight excluding hydrogens is 951 g/mol. The van der Waals surface area contributed by atoms with Gasteiger partial charge in [-0.05, 0) is 89.2 Å². The van der Waals surface area contributed by atoms with Crippen LogP contribution in [0.2, 0.25) is 0 Å². The van der Waals surface area contributed by atoms with Crippen molar-refractivity contribution < 1.29 is 58.2 Å². The maximum absolute atomic E-state index is 14.3. The zero-order chi connectivity index (χ0) is 54.4. The summed E-state index contributed by atoms with van der Waals surface area (Å²) in [5, 5.41) is 46.3. The number of carbonyl (C=O) groups excluding carboxylic acids is 10. The van der Waals surface area contributed by atoms with Crippen LogP contribution >= 0.6 is 0 Å². The van der Waals surface area contributed by atoms with Crippen LogP contribution in [0.25, 0.3) is 0 Å². The summed E-state index contributed by atoms with van der Waals surface area (Å²) < 4.78 is 0. The van der Waals surface area contributed by atoms with Crippen molar-refractivity contribution in [3.8, 4) is 0 Å². The van der Waals surface area contributed by atoms with E-state index < -0.39 is 133 Å².